The van der Waals surface area contributed by atoms with Crippen molar-refractivity contribution >= 4 is 33.2 Å². The van der Waals surface area contributed by atoms with Crippen LogP contribution in [0.4, 0.5) is 0 Å². The lowest BCUT2D eigenvalue weighted by molar-refractivity contribution is 0.594. The van der Waals surface area contributed by atoms with Crippen molar-refractivity contribution < 1.29 is 8.42 Å². The standard InChI is InChI=1S/C15H15ClO2S2/c16-15(19-13-7-3-1-4-8-13)11-12-20(17,18)14-9-5-2-6-10-14/h1-10,15H,11-12H2. The molecule has 0 saturated heterocycles. The Kier molecular flexibility index (Phi) is 5.52. The molecule has 0 bridgehead atoms. The molecule has 2 rings (SSSR count). The molecule has 0 saturated carbocycles. The van der Waals surface area contributed by atoms with E-state index in [1.807, 2.05) is 30.3 Å². The number of alkyl halides is 1. The lowest BCUT2D eigenvalue weighted by atomic mass is 10.4. The normalized spacial score (nSPS) is 13.1. The molecular weight excluding hydrogens is 312 g/mol. The molecule has 2 aromatic rings. The quantitative estimate of drug-likeness (QED) is 0.589. The van der Waals surface area contributed by atoms with Crippen molar-refractivity contribution in [2.75, 3.05) is 5.75 Å². The van der Waals surface area contributed by atoms with E-state index in [1.54, 1.807) is 30.3 Å². The lowest BCUT2D eigenvalue weighted by Crippen LogP contribution is -2.10. The Morgan fingerprint density at radius 2 is 1.50 bits per heavy atom. The van der Waals surface area contributed by atoms with Crippen LogP contribution < -0.4 is 0 Å². The van der Waals surface area contributed by atoms with E-state index >= 15 is 0 Å². The average molecular weight is 327 g/mol. The van der Waals surface area contributed by atoms with Crippen molar-refractivity contribution in [2.24, 2.45) is 0 Å². The summed E-state index contributed by atoms with van der Waals surface area (Å²) in [7, 11) is -3.25. The maximum Gasteiger partial charge on any atom is 0.178 e. The van der Waals surface area contributed by atoms with Gasteiger partial charge in [0.25, 0.3) is 0 Å². The van der Waals surface area contributed by atoms with Gasteiger partial charge in [0, 0.05) is 4.90 Å². The number of thioether (sulfide) groups is 1. The van der Waals surface area contributed by atoms with Gasteiger partial charge in [-0.15, -0.1) is 23.4 Å². The van der Waals surface area contributed by atoms with Gasteiger partial charge >= 0.3 is 0 Å². The third-order valence-corrected chi connectivity index (χ3v) is 6.01. The molecule has 0 N–H and O–H groups in total. The van der Waals surface area contributed by atoms with Crippen LogP contribution in [0.1, 0.15) is 6.42 Å². The monoisotopic (exact) mass is 326 g/mol. The van der Waals surface area contributed by atoms with E-state index in [4.69, 9.17) is 11.6 Å². The summed E-state index contributed by atoms with van der Waals surface area (Å²) in [4.78, 5) is 1.40. The van der Waals surface area contributed by atoms with Crippen LogP contribution in [0.15, 0.2) is 70.5 Å². The van der Waals surface area contributed by atoms with Crippen molar-refractivity contribution in [1.29, 1.82) is 0 Å². The molecule has 0 radical (unpaired) electrons. The summed E-state index contributed by atoms with van der Waals surface area (Å²) in [6.07, 6.45) is 0.415. The van der Waals surface area contributed by atoms with Gasteiger partial charge in [-0.3, -0.25) is 0 Å². The van der Waals surface area contributed by atoms with Crippen molar-refractivity contribution in [3.8, 4) is 0 Å². The van der Waals surface area contributed by atoms with Gasteiger partial charge in [0.2, 0.25) is 0 Å². The minimum atomic E-state index is -3.25. The molecular formula is C15H15ClO2S2. The smallest absolute Gasteiger partial charge is 0.178 e. The molecule has 0 heterocycles. The third kappa shape index (κ3) is 4.54. The first-order valence-electron chi connectivity index (χ1n) is 6.21. The van der Waals surface area contributed by atoms with Gasteiger partial charge in [0.1, 0.15) is 0 Å². The summed E-state index contributed by atoms with van der Waals surface area (Å²) in [6, 6.07) is 18.2. The molecule has 2 nitrogen and oxygen atoms in total. The molecule has 0 aliphatic rings. The molecule has 1 atom stereocenters. The molecule has 0 amide bonds. The molecule has 0 spiro atoms. The molecule has 0 aliphatic heterocycles. The fourth-order valence-corrected chi connectivity index (χ4v) is 4.59. The molecule has 0 fully saturated rings. The van der Waals surface area contributed by atoms with Gasteiger partial charge in [-0.2, -0.15) is 0 Å². The number of hydrogen-bond acceptors (Lipinski definition) is 3. The number of benzene rings is 2. The van der Waals surface area contributed by atoms with Gasteiger partial charge in [0.15, 0.2) is 9.84 Å². The predicted molar refractivity (Wildman–Crippen MR) is 85.1 cm³/mol. The molecule has 5 heteroatoms. The fraction of sp³-hybridized carbons (Fsp3) is 0.200. The van der Waals surface area contributed by atoms with Crippen LogP contribution >= 0.6 is 23.4 Å². The van der Waals surface area contributed by atoms with Gasteiger partial charge in [-0.25, -0.2) is 8.42 Å². The first-order valence-corrected chi connectivity index (χ1v) is 9.18. The zero-order chi connectivity index (χ0) is 14.4. The van der Waals surface area contributed by atoms with E-state index in [-0.39, 0.29) is 10.5 Å². The minimum Gasteiger partial charge on any atom is -0.224 e. The fourth-order valence-electron chi connectivity index (χ4n) is 1.70. The van der Waals surface area contributed by atoms with Gasteiger partial charge in [-0.05, 0) is 30.7 Å². The lowest BCUT2D eigenvalue weighted by Gasteiger charge is -2.09. The minimum absolute atomic E-state index is 0.0605. The van der Waals surface area contributed by atoms with E-state index in [0.717, 1.165) is 4.90 Å². The van der Waals surface area contributed by atoms with Crippen LogP contribution in [0.3, 0.4) is 0 Å². The van der Waals surface area contributed by atoms with Crippen molar-refractivity contribution in [2.45, 2.75) is 20.9 Å². The van der Waals surface area contributed by atoms with Crippen LogP contribution in [0.2, 0.25) is 0 Å². The molecule has 0 aromatic heterocycles. The van der Waals surface area contributed by atoms with Crippen LogP contribution in [0, 0.1) is 0 Å². The van der Waals surface area contributed by atoms with E-state index < -0.39 is 9.84 Å². The number of sulfone groups is 1. The zero-order valence-corrected chi connectivity index (χ0v) is 13.2. The highest BCUT2D eigenvalue weighted by Crippen LogP contribution is 2.28. The summed E-state index contributed by atoms with van der Waals surface area (Å²) in [5, 5.41) is 0. The van der Waals surface area contributed by atoms with E-state index in [1.165, 1.54) is 11.8 Å². The second-order valence-corrected chi connectivity index (χ2v) is 8.43. The Hall–Kier alpha value is -0.970. The van der Waals surface area contributed by atoms with Crippen LogP contribution in [0.25, 0.3) is 0 Å². The van der Waals surface area contributed by atoms with Gasteiger partial charge < -0.3 is 0 Å². The summed E-state index contributed by atoms with van der Waals surface area (Å²) in [5.74, 6) is 0.0605. The Labute approximate surface area is 129 Å². The van der Waals surface area contributed by atoms with Crippen LogP contribution in [0.5, 0.6) is 0 Å². The largest absolute Gasteiger partial charge is 0.224 e. The Balaban J connectivity index is 1.92. The first kappa shape index (κ1) is 15.4. The van der Waals surface area contributed by atoms with E-state index in [0.29, 0.717) is 11.3 Å². The maximum atomic E-state index is 12.1. The second kappa shape index (κ2) is 7.16. The van der Waals surface area contributed by atoms with Crippen molar-refractivity contribution in [3.63, 3.8) is 0 Å². The summed E-state index contributed by atoms with van der Waals surface area (Å²) in [6.45, 7) is 0. The topological polar surface area (TPSA) is 34.1 Å². The summed E-state index contributed by atoms with van der Waals surface area (Å²) >= 11 is 7.69. The molecule has 0 aliphatic carbocycles. The highest BCUT2D eigenvalue weighted by molar-refractivity contribution is 8.01. The Bertz CT molecular complexity index is 627. The average Bonchev–Trinajstić information content (AvgIpc) is 2.47. The van der Waals surface area contributed by atoms with E-state index in [2.05, 4.69) is 0 Å². The molecule has 1 unspecified atom stereocenters. The van der Waals surface area contributed by atoms with Crippen LogP contribution in [-0.2, 0) is 9.84 Å². The maximum absolute atomic E-state index is 12.1. The highest BCUT2D eigenvalue weighted by atomic mass is 35.5. The van der Waals surface area contributed by atoms with Gasteiger partial charge in [-0.1, -0.05) is 36.4 Å². The van der Waals surface area contributed by atoms with Gasteiger partial charge in [0.05, 0.1) is 15.4 Å². The molecule has 2 aromatic carbocycles. The summed E-state index contributed by atoms with van der Waals surface area (Å²) in [5.41, 5.74) is 0. The van der Waals surface area contributed by atoms with Crippen LogP contribution in [-0.4, -0.2) is 18.9 Å². The molecule has 20 heavy (non-hydrogen) atoms. The summed E-state index contributed by atoms with van der Waals surface area (Å²) < 4.78 is 24.0. The predicted octanol–water partition coefficient (Wildman–Crippen LogP) is 4.21. The Morgan fingerprint density at radius 3 is 2.10 bits per heavy atom. The van der Waals surface area contributed by atoms with E-state index in [9.17, 15) is 8.42 Å². The SMILES string of the molecule is O=S(=O)(CCC(Cl)Sc1ccccc1)c1ccccc1. The third-order valence-electron chi connectivity index (χ3n) is 2.72. The zero-order valence-electron chi connectivity index (χ0n) is 10.8. The number of rotatable bonds is 6. The second-order valence-electron chi connectivity index (χ2n) is 4.26. The molecule has 106 valence electrons. The van der Waals surface area contributed by atoms with Crippen molar-refractivity contribution in [3.05, 3.63) is 60.7 Å². The first-order chi connectivity index (χ1) is 9.58. The van der Waals surface area contributed by atoms with Crippen molar-refractivity contribution in [1.82, 2.24) is 0 Å². The Morgan fingerprint density at radius 1 is 0.950 bits per heavy atom. The highest BCUT2D eigenvalue weighted by Gasteiger charge is 2.17. The number of hydrogen-bond donors (Lipinski definition) is 0. The number of halogens is 1.